The number of halogens is 1. The number of carbonyl (C=O) groups excluding carboxylic acids is 1. The first-order chi connectivity index (χ1) is 10.7. The van der Waals surface area contributed by atoms with Crippen molar-refractivity contribution in [2.45, 2.75) is 25.3 Å². The Labute approximate surface area is 133 Å². The zero-order valence-electron chi connectivity index (χ0n) is 12.0. The smallest absolute Gasteiger partial charge is 0.229 e. The Hall–Kier alpha value is -1.85. The fourth-order valence-corrected chi connectivity index (χ4v) is 2.85. The average molecular weight is 321 g/mol. The first-order valence-electron chi connectivity index (χ1n) is 7.28. The highest BCUT2D eigenvalue weighted by Gasteiger charge is 2.28. The number of hydrogen-bond acceptors (Lipinski definition) is 4. The first kappa shape index (κ1) is 15.1. The number of aliphatic hydroxyl groups excluding tert-OH is 1. The number of aromatic nitrogens is 1. The van der Waals surface area contributed by atoms with Gasteiger partial charge in [0.2, 0.25) is 11.8 Å². The zero-order chi connectivity index (χ0) is 15.5. The van der Waals surface area contributed by atoms with Crippen molar-refractivity contribution in [2.24, 2.45) is 0 Å². The molecule has 1 aromatic carbocycles. The molecule has 0 radical (unpaired) electrons. The van der Waals surface area contributed by atoms with Crippen LogP contribution in [-0.2, 0) is 11.2 Å². The highest BCUT2D eigenvalue weighted by molar-refractivity contribution is 6.30. The third-order valence-corrected chi connectivity index (χ3v) is 4.14. The minimum absolute atomic E-state index is 0.0145. The van der Waals surface area contributed by atoms with Crippen molar-refractivity contribution in [1.29, 1.82) is 0 Å². The van der Waals surface area contributed by atoms with Gasteiger partial charge in [0.1, 0.15) is 6.26 Å². The number of carbonyl (C=O) groups is 1. The van der Waals surface area contributed by atoms with E-state index in [9.17, 15) is 9.90 Å². The third kappa shape index (κ3) is 3.15. The molecule has 1 atom stereocenters. The van der Waals surface area contributed by atoms with Gasteiger partial charge < -0.3 is 14.4 Å². The molecule has 1 N–H and O–H groups in total. The molecular formula is C16H17ClN2O3. The molecule has 2 aromatic rings. The molecule has 0 spiro atoms. The summed E-state index contributed by atoms with van der Waals surface area (Å²) in [5.41, 5.74) is 1.41. The van der Waals surface area contributed by atoms with Crippen LogP contribution in [0.15, 0.2) is 34.9 Å². The summed E-state index contributed by atoms with van der Waals surface area (Å²) in [5, 5.41) is 9.94. The summed E-state index contributed by atoms with van der Waals surface area (Å²) in [7, 11) is 0. The second-order valence-electron chi connectivity index (χ2n) is 5.39. The minimum Gasteiger partial charge on any atom is -0.444 e. The molecule has 1 aromatic heterocycles. The number of aliphatic hydroxyl groups is 1. The number of oxazole rings is 1. The van der Waals surface area contributed by atoms with Gasteiger partial charge in [0.05, 0.1) is 24.8 Å². The van der Waals surface area contributed by atoms with E-state index in [2.05, 4.69) is 4.98 Å². The molecule has 0 aliphatic carbocycles. The van der Waals surface area contributed by atoms with Gasteiger partial charge in [-0.15, -0.1) is 0 Å². The van der Waals surface area contributed by atoms with Crippen LogP contribution in [0.1, 0.15) is 18.5 Å². The molecule has 3 rings (SSSR count). The van der Waals surface area contributed by atoms with Gasteiger partial charge in [-0.25, -0.2) is 4.98 Å². The van der Waals surface area contributed by atoms with E-state index in [0.29, 0.717) is 23.2 Å². The lowest BCUT2D eigenvalue weighted by Gasteiger charge is -2.22. The fourth-order valence-electron chi connectivity index (χ4n) is 2.72. The Morgan fingerprint density at radius 3 is 2.91 bits per heavy atom. The Balaban J connectivity index is 1.69. The molecule has 0 saturated carbocycles. The molecule has 6 heteroatoms. The van der Waals surface area contributed by atoms with Crippen LogP contribution >= 0.6 is 11.6 Å². The second-order valence-corrected chi connectivity index (χ2v) is 5.83. The standard InChI is InChI=1S/C16H17ClN2O3/c17-12-5-3-11(4-6-12)16-18-13(10-22-16)8-15(21)19-7-1-2-14(19)9-20/h3-6,10,14,20H,1-2,7-9H2/t14-/m1/s1. The molecule has 0 unspecified atom stereocenters. The van der Waals surface area contributed by atoms with Crippen LogP contribution in [0.4, 0.5) is 0 Å². The van der Waals surface area contributed by atoms with Gasteiger partial charge >= 0.3 is 0 Å². The first-order valence-corrected chi connectivity index (χ1v) is 7.66. The molecule has 116 valence electrons. The monoisotopic (exact) mass is 320 g/mol. The average Bonchev–Trinajstić information content (AvgIpc) is 3.16. The Morgan fingerprint density at radius 1 is 1.41 bits per heavy atom. The van der Waals surface area contributed by atoms with Gasteiger partial charge in [-0.2, -0.15) is 0 Å². The van der Waals surface area contributed by atoms with Crippen molar-refractivity contribution in [1.82, 2.24) is 9.88 Å². The minimum atomic E-state index is -0.0601. The van der Waals surface area contributed by atoms with Crippen molar-refractivity contribution in [2.75, 3.05) is 13.2 Å². The summed E-state index contributed by atoms with van der Waals surface area (Å²) < 4.78 is 5.43. The molecule has 1 aliphatic heterocycles. The van der Waals surface area contributed by atoms with E-state index in [-0.39, 0.29) is 25.0 Å². The Bertz CT molecular complexity index is 654. The zero-order valence-corrected chi connectivity index (χ0v) is 12.8. The molecule has 2 heterocycles. The maximum atomic E-state index is 12.3. The van der Waals surface area contributed by atoms with E-state index in [1.807, 2.05) is 12.1 Å². The van der Waals surface area contributed by atoms with Gasteiger partial charge in [-0.3, -0.25) is 4.79 Å². The van der Waals surface area contributed by atoms with Gasteiger partial charge in [0.25, 0.3) is 0 Å². The molecule has 0 bridgehead atoms. The van der Waals surface area contributed by atoms with E-state index in [0.717, 1.165) is 18.4 Å². The lowest BCUT2D eigenvalue weighted by Crippen LogP contribution is -2.38. The van der Waals surface area contributed by atoms with Crippen molar-refractivity contribution >= 4 is 17.5 Å². The van der Waals surface area contributed by atoms with E-state index >= 15 is 0 Å². The summed E-state index contributed by atoms with van der Waals surface area (Å²) in [6.07, 6.45) is 3.49. The van der Waals surface area contributed by atoms with E-state index in [1.54, 1.807) is 17.0 Å². The van der Waals surface area contributed by atoms with Crippen molar-refractivity contribution in [3.63, 3.8) is 0 Å². The lowest BCUT2D eigenvalue weighted by atomic mass is 10.2. The molecule has 22 heavy (non-hydrogen) atoms. The third-order valence-electron chi connectivity index (χ3n) is 3.88. The van der Waals surface area contributed by atoms with Crippen LogP contribution in [0.3, 0.4) is 0 Å². The molecule has 5 nitrogen and oxygen atoms in total. The summed E-state index contributed by atoms with van der Waals surface area (Å²) >= 11 is 5.85. The van der Waals surface area contributed by atoms with Crippen LogP contribution < -0.4 is 0 Å². The van der Waals surface area contributed by atoms with Crippen LogP contribution in [0.25, 0.3) is 11.5 Å². The number of amides is 1. The number of likely N-dealkylation sites (tertiary alicyclic amines) is 1. The Morgan fingerprint density at radius 2 is 2.18 bits per heavy atom. The molecule has 1 saturated heterocycles. The number of hydrogen-bond donors (Lipinski definition) is 1. The normalized spacial score (nSPS) is 17.9. The second kappa shape index (κ2) is 6.50. The fraction of sp³-hybridized carbons (Fsp3) is 0.375. The number of benzene rings is 1. The SMILES string of the molecule is O=C(Cc1coc(-c2ccc(Cl)cc2)n1)N1CCC[C@@H]1CO. The van der Waals surface area contributed by atoms with E-state index < -0.39 is 0 Å². The molecule has 1 amide bonds. The Kier molecular flexibility index (Phi) is 4.45. The van der Waals surface area contributed by atoms with Gasteiger partial charge in [0.15, 0.2) is 0 Å². The largest absolute Gasteiger partial charge is 0.444 e. The molecule has 1 aliphatic rings. The van der Waals surface area contributed by atoms with Crippen molar-refractivity contribution in [3.8, 4) is 11.5 Å². The van der Waals surface area contributed by atoms with Crippen LogP contribution in [0.2, 0.25) is 5.02 Å². The topological polar surface area (TPSA) is 66.6 Å². The number of rotatable bonds is 4. The summed E-state index contributed by atoms with van der Waals surface area (Å²) in [5.74, 6) is 0.451. The quantitative estimate of drug-likeness (QED) is 0.940. The highest BCUT2D eigenvalue weighted by atomic mass is 35.5. The summed E-state index contributed by atoms with van der Waals surface area (Å²) in [6, 6.07) is 7.11. The van der Waals surface area contributed by atoms with Crippen LogP contribution in [0.5, 0.6) is 0 Å². The summed E-state index contributed by atoms with van der Waals surface area (Å²) in [6.45, 7) is 0.715. The van der Waals surface area contributed by atoms with Crippen molar-refractivity contribution in [3.05, 3.63) is 41.2 Å². The van der Waals surface area contributed by atoms with Gasteiger partial charge in [-0.1, -0.05) is 11.6 Å². The number of nitrogens with zero attached hydrogens (tertiary/aromatic N) is 2. The maximum Gasteiger partial charge on any atom is 0.229 e. The van der Waals surface area contributed by atoms with E-state index in [1.165, 1.54) is 6.26 Å². The summed E-state index contributed by atoms with van der Waals surface area (Å²) in [4.78, 5) is 18.4. The van der Waals surface area contributed by atoms with E-state index in [4.69, 9.17) is 16.0 Å². The predicted molar refractivity (Wildman–Crippen MR) is 82.5 cm³/mol. The molecular weight excluding hydrogens is 304 g/mol. The molecule has 1 fully saturated rings. The van der Waals surface area contributed by atoms with Gasteiger partial charge in [-0.05, 0) is 37.1 Å². The highest BCUT2D eigenvalue weighted by Crippen LogP contribution is 2.22. The van der Waals surface area contributed by atoms with Crippen LogP contribution in [0, 0.1) is 0 Å². The van der Waals surface area contributed by atoms with Gasteiger partial charge in [0, 0.05) is 17.1 Å². The van der Waals surface area contributed by atoms with Crippen LogP contribution in [-0.4, -0.2) is 40.1 Å². The maximum absolute atomic E-state index is 12.3. The predicted octanol–water partition coefficient (Wildman–Crippen LogP) is 2.52. The lowest BCUT2D eigenvalue weighted by molar-refractivity contribution is -0.132. The van der Waals surface area contributed by atoms with Crippen molar-refractivity contribution < 1.29 is 14.3 Å².